The van der Waals surface area contributed by atoms with E-state index in [2.05, 4.69) is 41.4 Å². The zero-order chi connectivity index (χ0) is 17.3. The highest BCUT2D eigenvalue weighted by Gasteiger charge is 2.43. The van der Waals surface area contributed by atoms with E-state index >= 15 is 0 Å². The second-order valence-corrected chi connectivity index (χ2v) is 8.52. The van der Waals surface area contributed by atoms with Gasteiger partial charge in [0.1, 0.15) is 5.54 Å². The molecule has 2 aliphatic rings. The van der Waals surface area contributed by atoms with Crippen molar-refractivity contribution in [3.63, 3.8) is 0 Å². The molecule has 24 heavy (non-hydrogen) atoms. The van der Waals surface area contributed by atoms with E-state index in [1.165, 1.54) is 15.5 Å². The van der Waals surface area contributed by atoms with Gasteiger partial charge in [0.15, 0.2) is 0 Å². The molecular weight excluding hydrogens is 322 g/mol. The number of anilines is 1. The molecule has 0 spiro atoms. The van der Waals surface area contributed by atoms with E-state index in [-0.39, 0.29) is 11.9 Å². The SMILES string of the molecule is C[C@H]1CCN(CCCN2C(=O)NC(C)(C)C2=O)c2ccccc2S1. The van der Waals surface area contributed by atoms with Gasteiger partial charge < -0.3 is 10.2 Å². The molecule has 0 aromatic heterocycles. The molecule has 2 aliphatic heterocycles. The Morgan fingerprint density at radius 3 is 2.71 bits per heavy atom. The van der Waals surface area contributed by atoms with E-state index in [1.807, 2.05) is 11.8 Å². The molecule has 3 amide bonds. The third kappa shape index (κ3) is 3.38. The summed E-state index contributed by atoms with van der Waals surface area (Å²) >= 11 is 1.93. The van der Waals surface area contributed by atoms with Crippen molar-refractivity contribution in [2.24, 2.45) is 0 Å². The van der Waals surface area contributed by atoms with Crippen LogP contribution in [0.15, 0.2) is 29.2 Å². The summed E-state index contributed by atoms with van der Waals surface area (Å²) < 4.78 is 0. The lowest BCUT2D eigenvalue weighted by molar-refractivity contribution is -0.130. The maximum atomic E-state index is 12.2. The number of rotatable bonds is 4. The number of benzene rings is 1. The molecular formula is C18H25N3O2S. The highest BCUT2D eigenvalue weighted by molar-refractivity contribution is 8.00. The van der Waals surface area contributed by atoms with Crippen LogP contribution in [0.1, 0.15) is 33.6 Å². The minimum atomic E-state index is -0.779. The molecule has 1 N–H and O–H groups in total. The fourth-order valence-corrected chi connectivity index (χ4v) is 4.36. The van der Waals surface area contributed by atoms with Gasteiger partial charge in [0.2, 0.25) is 0 Å². The molecule has 1 saturated heterocycles. The predicted octanol–water partition coefficient (Wildman–Crippen LogP) is 3.10. The predicted molar refractivity (Wildman–Crippen MR) is 97.5 cm³/mol. The number of carbonyl (C=O) groups excluding carboxylic acids is 2. The Morgan fingerprint density at radius 1 is 1.25 bits per heavy atom. The van der Waals surface area contributed by atoms with Gasteiger partial charge in [-0.05, 0) is 38.8 Å². The molecule has 2 heterocycles. The first-order valence-electron chi connectivity index (χ1n) is 8.53. The van der Waals surface area contributed by atoms with Crippen LogP contribution in [0.4, 0.5) is 10.5 Å². The third-order valence-electron chi connectivity index (χ3n) is 4.59. The van der Waals surface area contributed by atoms with Crippen molar-refractivity contribution >= 4 is 29.4 Å². The lowest BCUT2D eigenvalue weighted by Crippen LogP contribution is -2.40. The fraction of sp³-hybridized carbons (Fsp3) is 0.556. The van der Waals surface area contributed by atoms with Crippen molar-refractivity contribution in [1.29, 1.82) is 0 Å². The number of imide groups is 1. The summed E-state index contributed by atoms with van der Waals surface area (Å²) in [5, 5.41) is 3.33. The number of thioether (sulfide) groups is 1. The number of hydrogen-bond donors (Lipinski definition) is 1. The number of amides is 3. The Hall–Kier alpha value is -1.69. The van der Waals surface area contributed by atoms with E-state index in [9.17, 15) is 9.59 Å². The van der Waals surface area contributed by atoms with Crippen LogP contribution < -0.4 is 10.2 Å². The fourth-order valence-electron chi connectivity index (χ4n) is 3.22. The maximum Gasteiger partial charge on any atom is 0.325 e. The molecule has 0 radical (unpaired) electrons. The van der Waals surface area contributed by atoms with Gasteiger partial charge in [-0.2, -0.15) is 0 Å². The second kappa shape index (κ2) is 6.67. The molecule has 1 fully saturated rings. The van der Waals surface area contributed by atoms with Crippen molar-refractivity contribution in [2.45, 2.75) is 49.3 Å². The summed E-state index contributed by atoms with van der Waals surface area (Å²) in [6, 6.07) is 8.22. The molecule has 0 saturated carbocycles. The van der Waals surface area contributed by atoms with E-state index < -0.39 is 5.54 Å². The number of fused-ring (bicyclic) bond motifs is 1. The molecule has 1 aromatic carbocycles. The van der Waals surface area contributed by atoms with Gasteiger partial charge >= 0.3 is 6.03 Å². The Labute approximate surface area is 147 Å². The largest absolute Gasteiger partial charge is 0.371 e. The zero-order valence-electron chi connectivity index (χ0n) is 14.5. The number of para-hydroxylation sites is 1. The average Bonchev–Trinajstić information content (AvgIpc) is 2.65. The average molecular weight is 347 g/mol. The zero-order valence-corrected chi connectivity index (χ0v) is 15.4. The Bertz CT molecular complexity index is 647. The van der Waals surface area contributed by atoms with Crippen LogP contribution in [-0.2, 0) is 4.79 Å². The maximum absolute atomic E-state index is 12.2. The van der Waals surface area contributed by atoms with Crippen molar-refractivity contribution in [3.8, 4) is 0 Å². The van der Waals surface area contributed by atoms with Crippen LogP contribution in [0.5, 0.6) is 0 Å². The molecule has 0 aliphatic carbocycles. The van der Waals surface area contributed by atoms with Crippen LogP contribution in [-0.4, -0.2) is 47.3 Å². The van der Waals surface area contributed by atoms with E-state index in [4.69, 9.17) is 0 Å². The van der Waals surface area contributed by atoms with Gasteiger partial charge in [0.25, 0.3) is 5.91 Å². The summed E-state index contributed by atoms with van der Waals surface area (Å²) in [6.07, 6.45) is 1.91. The van der Waals surface area contributed by atoms with Crippen molar-refractivity contribution in [3.05, 3.63) is 24.3 Å². The Morgan fingerprint density at radius 2 is 2.00 bits per heavy atom. The first kappa shape index (κ1) is 17.1. The van der Waals surface area contributed by atoms with Crippen molar-refractivity contribution in [1.82, 2.24) is 10.2 Å². The number of carbonyl (C=O) groups is 2. The lowest BCUT2D eigenvalue weighted by atomic mass is 10.1. The molecule has 130 valence electrons. The van der Waals surface area contributed by atoms with Crippen LogP contribution >= 0.6 is 11.8 Å². The van der Waals surface area contributed by atoms with Gasteiger partial charge in [-0.25, -0.2) is 4.79 Å². The van der Waals surface area contributed by atoms with Crippen molar-refractivity contribution < 1.29 is 9.59 Å². The normalized spacial score (nSPS) is 23.0. The highest BCUT2D eigenvalue weighted by Crippen LogP contribution is 2.37. The summed E-state index contributed by atoms with van der Waals surface area (Å²) in [4.78, 5) is 29.2. The topological polar surface area (TPSA) is 52.6 Å². The van der Waals surface area contributed by atoms with E-state index in [0.717, 1.165) is 25.9 Å². The molecule has 6 heteroatoms. The molecule has 5 nitrogen and oxygen atoms in total. The monoisotopic (exact) mass is 347 g/mol. The number of nitrogens with one attached hydrogen (secondary N) is 1. The second-order valence-electron chi connectivity index (χ2n) is 7.04. The van der Waals surface area contributed by atoms with Crippen LogP contribution in [0.3, 0.4) is 0 Å². The molecule has 1 aromatic rings. The standard InChI is InChI=1S/C18H25N3O2S/c1-13-9-12-20(14-7-4-5-8-15(14)24-13)10-6-11-21-16(22)18(2,3)19-17(21)23/h4-5,7-8,13H,6,9-12H2,1-3H3,(H,19,23)/t13-/m0/s1. The first-order valence-corrected chi connectivity index (χ1v) is 9.41. The molecule has 1 atom stereocenters. The van der Waals surface area contributed by atoms with Gasteiger partial charge in [-0.15, -0.1) is 11.8 Å². The van der Waals surface area contributed by atoms with Gasteiger partial charge in [-0.3, -0.25) is 9.69 Å². The minimum absolute atomic E-state index is 0.132. The smallest absolute Gasteiger partial charge is 0.325 e. The number of nitrogens with zero attached hydrogens (tertiary/aromatic N) is 2. The first-order chi connectivity index (χ1) is 11.4. The van der Waals surface area contributed by atoms with Crippen molar-refractivity contribution in [2.75, 3.05) is 24.5 Å². The summed E-state index contributed by atoms with van der Waals surface area (Å²) in [5.74, 6) is -0.132. The van der Waals surface area contributed by atoms with Gasteiger partial charge in [0.05, 0.1) is 5.69 Å². The highest BCUT2D eigenvalue weighted by atomic mass is 32.2. The number of hydrogen-bond acceptors (Lipinski definition) is 4. The molecule has 3 rings (SSSR count). The number of urea groups is 1. The summed E-state index contributed by atoms with van der Waals surface area (Å²) in [5.41, 5.74) is 0.489. The minimum Gasteiger partial charge on any atom is -0.371 e. The van der Waals surface area contributed by atoms with E-state index in [0.29, 0.717) is 11.8 Å². The Kier molecular flexibility index (Phi) is 4.76. The van der Waals surface area contributed by atoms with Gasteiger partial charge in [0, 0.05) is 29.8 Å². The lowest BCUT2D eigenvalue weighted by Gasteiger charge is -2.25. The van der Waals surface area contributed by atoms with Crippen LogP contribution in [0, 0.1) is 0 Å². The molecule has 0 unspecified atom stereocenters. The van der Waals surface area contributed by atoms with E-state index in [1.54, 1.807) is 13.8 Å². The Balaban J connectivity index is 1.63. The summed E-state index contributed by atoms with van der Waals surface area (Å²) in [6.45, 7) is 8.09. The third-order valence-corrected chi connectivity index (χ3v) is 5.83. The van der Waals surface area contributed by atoms with Crippen LogP contribution in [0.25, 0.3) is 0 Å². The molecule has 0 bridgehead atoms. The quantitative estimate of drug-likeness (QED) is 0.851. The summed E-state index contributed by atoms with van der Waals surface area (Å²) in [7, 11) is 0. The van der Waals surface area contributed by atoms with Gasteiger partial charge in [-0.1, -0.05) is 19.1 Å². The van der Waals surface area contributed by atoms with Crippen LogP contribution in [0.2, 0.25) is 0 Å².